The average molecular weight is 330 g/mol. The van der Waals surface area contributed by atoms with E-state index >= 15 is 0 Å². The molecule has 5 nitrogen and oxygen atoms in total. The zero-order valence-electron chi connectivity index (χ0n) is 13.6. The van der Waals surface area contributed by atoms with Gasteiger partial charge in [-0.15, -0.1) is 11.3 Å². The second-order valence-corrected chi connectivity index (χ2v) is 7.12. The summed E-state index contributed by atoms with van der Waals surface area (Å²) in [6.07, 6.45) is 2.73. The van der Waals surface area contributed by atoms with Crippen molar-refractivity contribution in [2.45, 2.75) is 19.9 Å². The van der Waals surface area contributed by atoms with Gasteiger partial charge < -0.3 is 9.80 Å². The van der Waals surface area contributed by atoms with Crippen LogP contribution < -0.4 is 0 Å². The molecule has 0 unspecified atom stereocenters. The van der Waals surface area contributed by atoms with Crippen LogP contribution in [0.2, 0.25) is 0 Å². The Morgan fingerprint density at radius 1 is 1.43 bits per heavy atom. The van der Waals surface area contributed by atoms with E-state index < -0.39 is 0 Å². The second-order valence-electron chi connectivity index (χ2n) is 6.18. The molecule has 3 heterocycles. The lowest BCUT2D eigenvalue weighted by Gasteiger charge is -2.21. The first-order valence-electron chi connectivity index (χ1n) is 7.91. The normalized spacial score (nSPS) is 17.9. The molecule has 122 valence electrons. The molecule has 2 aromatic rings. The van der Waals surface area contributed by atoms with Gasteiger partial charge in [0, 0.05) is 37.3 Å². The predicted molar refractivity (Wildman–Crippen MR) is 91.4 cm³/mol. The molecule has 1 aliphatic rings. The zero-order valence-corrected chi connectivity index (χ0v) is 14.4. The Balaban J connectivity index is 1.52. The summed E-state index contributed by atoms with van der Waals surface area (Å²) in [5.74, 6) is 0.579. The molecule has 1 aliphatic heterocycles. The lowest BCUT2D eigenvalue weighted by molar-refractivity contribution is 0.0778. The largest absolute Gasteiger partial charge is 0.337 e. The molecule has 6 heteroatoms. The van der Waals surface area contributed by atoms with Crippen LogP contribution in [0.25, 0.3) is 0 Å². The van der Waals surface area contributed by atoms with E-state index in [0.717, 1.165) is 38.3 Å². The van der Waals surface area contributed by atoms with Gasteiger partial charge in [-0.25, -0.2) is 4.98 Å². The molecule has 2 aromatic heterocycles. The van der Waals surface area contributed by atoms with Crippen molar-refractivity contribution in [1.29, 1.82) is 0 Å². The fourth-order valence-electron chi connectivity index (χ4n) is 3.05. The van der Waals surface area contributed by atoms with Gasteiger partial charge in [0.1, 0.15) is 5.69 Å². The number of carbonyl (C=O) groups excluding carboxylic acids is 1. The Labute approximate surface area is 141 Å². The maximum Gasteiger partial charge on any atom is 0.272 e. The summed E-state index contributed by atoms with van der Waals surface area (Å²) in [6, 6.07) is 5.48. The van der Waals surface area contributed by atoms with Gasteiger partial charge in [0.2, 0.25) is 0 Å². The number of pyridine rings is 1. The molecule has 1 fully saturated rings. The van der Waals surface area contributed by atoms with Crippen LogP contribution in [0.4, 0.5) is 0 Å². The van der Waals surface area contributed by atoms with Crippen LogP contribution in [-0.4, -0.2) is 52.4 Å². The zero-order chi connectivity index (χ0) is 16.2. The van der Waals surface area contributed by atoms with Crippen LogP contribution in [-0.2, 0) is 6.54 Å². The molecule has 0 bridgehead atoms. The maximum absolute atomic E-state index is 12.4. The van der Waals surface area contributed by atoms with Crippen molar-refractivity contribution in [2.75, 3.05) is 26.7 Å². The Morgan fingerprint density at radius 2 is 2.30 bits per heavy atom. The SMILES string of the molecule is Cc1ncsc1CN(C)C[C@@H]1CCN(C(=O)c2ccccn2)C1. The quantitative estimate of drug-likeness (QED) is 0.845. The van der Waals surface area contributed by atoms with Crippen LogP contribution in [0, 0.1) is 12.8 Å². The lowest BCUT2D eigenvalue weighted by Crippen LogP contribution is -2.32. The second kappa shape index (κ2) is 7.19. The molecule has 0 radical (unpaired) electrons. The fourth-order valence-corrected chi connectivity index (χ4v) is 3.90. The van der Waals surface area contributed by atoms with E-state index in [0.29, 0.717) is 11.6 Å². The van der Waals surface area contributed by atoms with E-state index in [2.05, 4.69) is 28.8 Å². The summed E-state index contributed by atoms with van der Waals surface area (Å²) in [4.78, 5) is 26.5. The highest BCUT2D eigenvalue weighted by atomic mass is 32.1. The molecule has 3 rings (SSSR count). The van der Waals surface area contributed by atoms with Gasteiger partial charge in [0.15, 0.2) is 0 Å². The Morgan fingerprint density at radius 3 is 3.00 bits per heavy atom. The molecular weight excluding hydrogens is 308 g/mol. The summed E-state index contributed by atoms with van der Waals surface area (Å²) < 4.78 is 0. The van der Waals surface area contributed by atoms with Gasteiger partial charge in [0.25, 0.3) is 5.91 Å². The van der Waals surface area contributed by atoms with Gasteiger partial charge in [-0.2, -0.15) is 0 Å². The molecule has 0 aromatic carbocycles. The van der Waals surface area contributed by atoms with Crippen LogP contribution in [0.15, 0.2) is 29.9 Å². The molecule has 0 spiro atoms. The van der Waals surface area contributed by atoms with Crippen molar-refractivity contribution >= 4 is 17.2 Å². The number of carbonyl (C=O) groups is 1. The smallest absolute Gasteiger partial charge is 0.272 e. The molecule has 1 amide bonds. The van der Waals surface area contributed by atoms with Gasteiger partial charge in [-0.3, -0.25) is 9.78 Å². The Hall–Kier alpha value is -1.79. The van der Waals surface area contributed by atoms with Gasteiger partial charge in [-0.05, 0) is 38.4 Å². The van der Waals surface area contributed by atoms with E-state index in [1.54, 1.807) is 23.6 Å². The minimum Gasteiger partial charge on any atom is -0.337 e. The number of amides is 1. The average Bonchev–Trinajstić information content (AvgIpc) is 3.17. The predicted octanol–water partition coefficient (Wildman–Crippen LogP) is 2.44. The highest BCUT2D eigenvalue weighted by Crippen LogP contribution is 2.21. The number of aryl methyl sites for hydroxylation is 1. The van der Waals surface area contributed by atoms with Gasteiger partial charge >= 0.3 is 0 Å². The topological polar surface area (TPSA) is 49.3 Å². The minimum atomic E-state index is 0.0501. The first kappa shape index (κ1) is 16.1. The molecular formula is C17H22N4OS. The van der Waals surface area contributed by atoms with Crippen LogP contribution in [0.1, 0.15) is 27.5 Å². The third-order valence-electron chi connectivity index (χ3n) is 4.29. The summed E-state index contributed by atoms with van der Waals surface area (Å²) in [5, 5.41) is 0. The highest BCUT2D eigenvalue weighted by molar-refractivity contribution is 7.09. The molecule has 1 saturated heterocycles. The Bertz CT molecular complexity index is 658. The van der Waals surface area contributed by atoms with E-state index in [-0.39, 0.29) is 5.91 Å². The number of thiazole rings is 1. The molecule has 23 heavy (non-hydrogen) atoms. The number of hydrogen-bond donors (Lipinski definition) is 0. The van der Waals surface area contributed by atoms with Gasteiger partial charge in [-0.1, -0.05) is 6.07 Å². The number of nitrogens with zero attached hydrogens (tertiary/aromatic N) is 4. The summed E-state index contributed by atoms with van der Waals surface area (Å²) in [7, 11) is 2.14. The summed E-state index contributed by atoms with van der Waals surface area (Å²) in [6.45, 7) is 5.64. The van der Waals surface area contributed by atoms with Crippen LogP contribution in [0.5, 0.6) is 0 Å². The number of aromatic nitrogens is 2. The van der Waals surface area contributed by atoms with Crippen molar-refractivity contribution in [2.24, 2.45) is 5.92 Å². The van der Waals surface area contributed by atoms with Crippen molar-refractivity contribution < 1.29 is 4.79 Å². The van der Waals surface area contributed by atoms with Crippen LogP contribution in [0.3, 0.4) is 0 Å². The monoisotopic (exact) mass is 330 g/mol. The van der Waals surface area contributed by atoms with Crippen molar-refractivity contribution in [3.05, 3.63) is 46.2 Å². The standard InChI is InChI=1S/C17H22N4OS/c1-13-16(23-12-19-13)11-20(2)9-14-6-8-21(10-14)17(22)15-5-3-4-7-18-15/h3-5,7,12,14H,6,8-11H2,1-2H3/t14-/m0/s1. The lowest BCUT2D eigenvalue weighted by atomic mass is 10.1. The van der Waals surface area contributed by atoms with E-state index in [4.69, 9.17) is 0 Å². The molecule has 0 aliphatic carbocycles. The highest BCUT2D eigenvalue weighted by Gasteiger charge is 2.28. The third-order valence-corrected chi connectivity index (χ3v) is 5.21. The summed E-state index contributed by atoms with van der Waals surface area (Å²) in [5.41, 5.74) is 3.57. The van der Waals surface area contributed by atoms with E-state index in [1.807, 2.05) is 22.5 Å². The maximum atomic E-state index is 12.4. The summed E-state index contributed by atoms with van der Waals surface area (Å²) >= 11 is 1.71. The fraction of sp³-hybridized carbons (Fsp3) is 0.471. The molecule has 1 atom stereocenters. The van der Waals surface area contributed by atoms with Crippen molar-refractivity contribution in [1.82, 2.24) is 19.8 Å². The van der Waals surface area contributed by atoms with E-state index in [1.165, 1.54) is 4.88 Å². The first-order valence-corrected chi connectivity index (χ1v) is 8.79. The number of hydrogen-bond acceptors (Lipinski definition) is 5. The number of likely N-dealkylation sites (tertiary alicyclic amines) is 1. The van der Waals surface area contributed by atoms with Crippen molar-refractivity contribution in [3.63, 3.8) is 0 Å². The third kappa shape index (κ3) is 3.95. The minimum absolute atomic E-state index is 0.0501. The molecule has 0 saturated carbocycles. The van der Waals surface area contributed by atoms with E-state index in [9.17, 15) is 4.79 Å². The number of rotatable bonds is 5. The van der Waals surface area contributed by atoms with Crippen molar-refractivity contribution in [3.8, 4) is 0 Å². The van der Waals surface area contributed by atoms with Crippen LogP contribution >= 0.6 is 11.3 Å². The Kier molecular flexibility index (Phi) is 5.03. The molecule has 0 N–H and O–H groups in total. The van der Waals surface area contributed by atoms with Gasteiger partial charge in [0.05, 0.1) is 11.2 Å². The first-order chi connectivity index (χ1) is 11.1.